The molecule has 0 aromatic rings. The Morgan fingerprint density at radius 3 is 2.62 bits per heavy atom. The van der Waals surface area contributed by atoms with Crippen LogP contribution < -0.4 is 5.32 Å². The van der Waals surface area contributed by atoms with E-state index in [1.807, 2.05) is 0 Å². The van der Waals surface area contributed by atoms with Crippen LogP contribution in [0, 0.1) is 5.92 Å². The summed E-state index contributed by atoms with van der Waals surface area (Å²) in [7, 11) is 0. The van der Waals surface area contributed by atoms with E-state index in [1.165, 1.54) is 18.5 Å². The molecule has 0 radical (unpaired) electrons. The first-order chi connectivity index (χ1) is 3.79. The summed E-state index contributed by atoms with van der Waals surface area (Å²) in [6.07, 6.45) is 4.64. The van der Waals surface area contributed by atoms with E-state index in [4.69, 9.17) is 0 Å². The highest BCUT2D eigenvalue weighted by Gasteiger charge is 2.05. The normalized spacial score (nSPS) is 15.6. The summed E-state index contributed by atoms with van der Waals surface area (Å²) in [5.74, 6) is 0.846. The minimum absolute atomic E-state index is 0.846. The zero-order valence-electron chi connectivity index (χ0n) is 5.57. The van der Waals surface area contributed by atoms with Crippen molar-refractivity contribution in [3.8, 4) is 0 Å². The molecule has 1 nitrogen and oxygen atoms in total. The van der Waals surface area contributed by atoms with E-state index >= 15 is 0 Å². The summed E-state index contributed by atoms with van der Waals surface area (Å²) >= 11 is 0. The van der Waals surface area contributed by atoms with Crippen molar-refractivity contribution in [2.75, 3.05) is 0 Å². The predicted octanol–water partition coefficient (Wildman–Crippen LogP) is 1.87. The van der Waals surface area contributed by atoms with Gasteiger partial charge in [0, 0.05) is 11.9 Å². The molecule has 1 heterocycles. The van der Waals surface area contributed by atoms with Gasteiger partial charge in [0.25, 0.3) is 0 Å². The number of rotatable bonds is 3. The summed E-state index contributed by atoms with van der Waals surface area (Å²) in [5, 5.41) is 3.08. The van der Waals surface area contributed by atoms with Gasteiger partial charge in [-0.15, -0.1) is 0 Å². The molecule has 46 valence electrons. The van der Waals surface area contributed by atoms with E-state index in [2.05, 4.69) is 25.4 Å². The second-order valence-electron chi connectivity index (χ2n) is 2.75. The molecule has 8 heavy (non-hydrogen) atoms. The third kappa shape index (κ3) is 2.01. The van der Waals surface area contributed by atoms with Gasteiger partial charge in [-0.05, 0) is 18.8 Å². The Morgan fingerprint density at radius 1 is 1.62 bits per heavy atom. The summed E-state index contributed by atoms with van der Waals surface area (Å²) in [6, 6.07) is 0. The van der Waals surface area contributed by atoms with E-state index in [0.717, 1.165) is 5.92 Å². The Balaban J connectivity index is 1.95. The fraction of sp³-hybridized carbons (Fsp3) is 0.714. The minimum Gasteiger partial charge on any atom is -0.362 e. The van der Waals surface area contributed by atoms with E-state index in [0.29, 0.717) is 0 Å². The van der Waals surface area contributed by atoms with Gasteiger partial charge in [0.2, 0.25) is 0 Å². The van der Waals surface area contributed by atoms with Gasteiger partial charge in [-0.1, -0.05) is 13.8 Å². The van der Waals surface area contributed by atoms with Crippen LogP contribution in [-0.4, -0.2) is 0 Å². The first kappa shape index (κ1) is 5.67. The molecule has 1 N–H and O–H groups in total. The van der Waals surface area contributed by atoms with Crippen LogP contribution in [0.3, 0.4) is 0 Å². The van der Waals surface area contributed by atoms with Crippen LogP contribution in [-0.2, 0) is 0 Å². The van der Waals surface area contributed by atoms with Crippen molar-refractivity contribution >= 4 is 0 Å². The lowest BCUT2D eigenvalue weighted by Gasteiger charge is -1.98. The Bertz CT molecular complexity index is 103. The maximum Gasteiger partial charge on any atom is 0.0309 e. The summed E-state index contributed by atoms with van der Waals surface area (Å²) in [5.41, 5.74) is 1.43. The Hall–Kier alpha value is -0.460. The van der Waals surface area contributed by atoms with Crippen molar-refractivity contribution in [1.29, 1.82) is 0 Å². The average Bonchev–Trinajstić information content (AvgIpc) is 2.41. The van der Waals surface area contributed by atoms with Gasteiger partial charge in [0.1, 0.15) is 0 Å². The number of allylic oxidation sites excluding steroid dienone is 1. The lowest BCUT2D eigenvalue weighted by molar-refractivity contribution is 0.586. The van der Waals surface area contributed by atoms with Crippen molar-refractivity contribution in [1.82, 2.24) is 5.32 Å². The van der Waals surface area contributed by atoms with Crippen LogP contribution in [0.4, 0.5) is 0 Å². The molecule has 0 bridgehead atoms. The average molecular weight is 111 g/mol. The quantitative estimate of drug-likeness (QED) is 0.590. The van der Waals surface area contributed by atoms with Crippen LogP contribution in [0.5, 0.6) is 0 Å². The number of hydrogen-bond donors (Lipinski definition) is 1. The van der Waals surface area contributed by atoms with Gasteiger partial charge in [-0.3, -0.25) is 0 Å². The Labute approximate surface area is 50.8 Å². The lowest BCUT2D eigenvalue weighted by atomic mass is 10.1. The zero-order valence-corrected chi connectivity index (χ0v) is 5.57. The smallest absolute Gasteiger partial charge is 0.0309 e. The summed E-state index contributed by atoms with van der Waals surface area (Å²) < 4.78 is 0. The van der Waals surface area contributed by atoms with Gasteiger partial charge >= 0.3 is 0 Å². The standard InChI is InChI=1S/C7H13N/c1-6(2)3-4-7-5-8-7/h5-6,8H,3-4H2,1-2H3. The molecule has 1 aliphatic rings. The van der Waals surface area contributed by atoms with E-state index in [1.54, 1.807) is 0 Å². The number of hydrogen-bond acceptors (Lipinski definition) is 1. The van der Waals surface area contributed by atoms with Crippen molar-refractivity contribution < 1.29 is 0 Å². The maximum atomic E-state index is 3.08. The molecule has 0 saturated heterocycles. The molecule has 0 fully saturated rings. The van der Waals surface area contributed by atoms with Gasteiger partial charge in [-0.25, -0.2) is 0 Å². The molecule has 0 saturated carbocycles. The minimum atomic E-state index is 0.846. The molecule has 0 unspecified atom stereocenters. The highest BCUT2D eigenvalue weighted by atomic mass is 15.0. The van der Waals surface area contributed by atoms with Gasteiger partial charge < -0.3 is 5.32 Å². The summed E-state index contributed by atoms with van der Waals surface area (Å²) in [6.45, 7) is 4.51. The lowest BCUT2D eigenvalue weighted by Crippen LogP contribution is -1.87. The summed E-state index contributed by atoms with van der Waals surface area (Å²) in [4.78, 5) is 0. The van der Waals surface area contributed by atoms with Crippen molar-refractivity contribution in [2.45, 2.75) is 26.7 Å². The molecule has 0 aromatic heterocycles. The second kappa shape index (κ2) is 2.21. The third-order valence-corrected chi connectivity index (χ3v) is 1.34. The van der Waals surface area contributed by atoms with E-state index in [9.17, 15) is 0 Å². The molecule has 1 aliphatic heterocycles. The fourth-order valence-corrected chi connectivity index (χ4v) is 0.640. The molecule has 1 rings (SSSR count). The topological polar surface area (TPSA) is 21.9 Å². The number of nitrogens with one attached hydrogen (secondary N) is 1. The monoisotopic (exact) mass is 111 g/mol. The van der Waals surface area contributed by atoms with Gasteiger partial charge in [0.05, 0.1) is 0 Å². The highest BCUT2D eigenvalue weighted by Crippen LogP contribution is 2.13. The maximum absolute atomic E-state index is 3.08. The van der Waals surface area contributed by atoms with Gasteiger partial charge in [0.15, 0.2) is 0 Å². The van der Waals surface area contributed by atoms with Crippen LogP contribution >= 0.6 is 0 Å². The highest BCUT2D eigenvalue weighted by molar-refractivity contribution is 5.15. The molecule has 0 aromatic carbocycles. The molecule has 0 aliphatic carbocycles. The van der Waals surface area contributed by atoms with Crippen LogP contribution in [0.15, 0.2) is 11.9 Å². The van der Waals surface area contributed by atoms with Crippen molar-refractivity contribution in [3.05, 3.63) is 11.9 Å². The van der Waals surface area contributed by atoms with Crippen LogP contribution in [0.1, 0.15) is 26.7 Å². The molecular formula is C7H13N. The molecule has 0 atom stereocenters. The SMILES string of the molecule is CC(C)CCC1=CN1. The third-order valence-electron chi connectivity index (χ3n) is 1.34. The molecular weight excluding hydrogens is 98.1 g/mol. The Morgan fingerprint density at radius 2 is 2.25 bits per heavy atom. The first-order valence-corrected chi connectivity index (χ1v) is 3.24. The van der Waals surface area contributed by atoms with Gasteiger partial charge in [-0.2, -0.15) is 0 Å². The largest absolute Gasteiger partial charge is 0.362 e. The van der Waals surface area contributed by atoms with E-state index < -0.39 is 0 Å². The van der Waals surface area contributed by atoms with Crippen LogP contribution in [0.2, 0.25) is 0 Å². The van der Waals surface area contributed by atoms with Crippen molar-refractivity contribution in [3.63, 3.8) is 0 Å². The van der Waals surface area contributed by atoms with Crippen molar-refractivity contribution in [2.24, 2.45) is 5.92 Å². The van der Waals surface area contributed by atoms with Crippen LogP contribution in [0.25, 0.3) is 0 Å². The van der Waals surface area contributed by atoms with E-state index in [-0.39, 0.29) is 0 Å². The Kier molecular flexibility index (Phi) is 1.56. The predicted molar refractivity (Wildman–Crippen MR) is 35.3 cm³/mol. The first-order valence-electron chi connectivity index (χ1n) is 3.24. The molecule has 0 spiro atoms. The second-order valence-corrected chi connectivity index (χ2v) is 2.75. The zero-order chi connectivity index (χ0) is 5.98. The molecule has 0 amide bonds. The molecule has 1 heteroatoms. The fourth-order valence-electron chi connectivity index (χ4n) is 0.640.